The maximum Gasteiger partial charge on any atom is 0.271 e. The van der Waals surface area contributed by atoms with Gasteiger partial charge in [-0.15, -0.1) is 0 Å². The molecule has 0 spiro atoms. The first kappa shape index (κ1) is 14.7. The topological polar surface area (TPSA) is 117 Å². The third-order valence-corrected chi connectivity index (χ3v) is 2.25. The van der Waals surface area contributed by atoms with Crippen molar-refractivity contribution in [1.29, 1.82) is 10.5 Å². The Labute approximate surface area is 115 Å². The highest BCUT2D eigenvalue weighted by Crippen LogP contribution is 2.13. The van der Waals surface area contributed by atoms with Gasteiger partial charge < -0.3 is 5.73 Å². The van der Waals surface area contributed by atoms with Crippen molar-refractivity contribution in [3.63, 3.8) is 0 Å². The molecule has 0 aliphatic heterocycles. The van der Waals surface area contributed by atoms with Crippen molar-refractivity contribution in [2.45, 2.75) is 0 Å². The lowest BCUT2D eigenvalue weighted by molar-refractivity contribution is -0.384. The van der Waals surface area contributed by atoms with Crippen LogP contribution < -0.4 is 5.73 Å². The van der Waals surface area contributed by atoms with Crippen LogP contribution in [0.15, 0.2) is 48.5 Å². The zero-order valence-electron chi connectivity index (χ0n) is 10.4. The SMILES string of the molecule is N#Cc1ccccc1C#N.Nc1cccc([N+](=O)[O-])c1. The van der Waals surface area contributed by atoms with Gasteiger partial charge >= 0.3 is 0 Å². The van der Waals surface area contributed by atoms with E-state index in [1.54, 1.807) is 36.4 Å². The van der Waals surface area contributed by atoms with Gasteiger partial charge in [0, 0.05) is 17.8 Å². The Bertz CT molecular complexity index is 666. The summed E-state index contributed by atoms with van der Waals surface area (Å²) in [6.07, 6.45) is 0. The van der Waals surface area contributed by atoms with Crippen LogP contribution in [-0.4, -0.2) is 4.92 Å². The predicted molar refractivity (Wildman–Crippen MR) is 73.4 cm³/mol. The van der Waals surface area contributed by atoms with Crippen molar-refractivity contribution in [3.05, 3.63) is 69.8 Å². The number of hydrogen-bond donors (Lipinski definition) is 1. The highest BCUT2D eigenvalue weighted by molar-refractivity contribution is 5.47. The summed E-state index contributed by atoms with van der Waals surface area (Å²) in [5.41, 5.74) is 6.60. The van der Waals surface area contributed by atoms with Gasteiger partial charge in [0.2, 0.25) is 0 Å². The molecule has 2 aromatic carbocycles. The number of nitro benzene ring substituents is 1. The van der Waals surface area contributed by atoms with E-state index in [0.29, 0.717) is 16.8 Å². The average molecular weight is 266 g/mol. The van der Waals surface area contributed by atoms with Gasteiger partial charge in [-0.2, -0.15) is 10.5 Å². The van der Waals surface area contributed by atoms with Gasteiger partial charge in [0.25, 0.3) is 5.69 Å². The van der Waals surface area contributed by atoms with Crippen LogP contribution in [0.3, 0.4) is 0 Å². The molecule has 0 aliphatic rings. The van der Waals surface area contributed by atoms with Crippen LogP contribution in [0.5, 0.6) is 0 Å². The van der Waals surface area contributed by atoms with Crippen molar-refractivity contribution in [2.24, 2.45) is 0 Å². The maximum atomic E-state index is 10.1. The van der Waals surface area contributed by atoms with Gasteiger partial charge in [0.15, 0.2) is 0 Å². The fraction of sp³-hybridized carbons (Fsp3) is 0. The van der Waals surface area contributed by atoms with Gasteiger partial charge in [0.1, 0.15) is 12.1 Å². The Balaban J connectivity index is 0.000000200. The summed E-state index contributed by atoms with van der Waals surface area (Å²) < 4.78 is 0. The highest BCUT2D eigenvalue weighted by Gasteiger charge is 2.02. The van der Waals surface area contributed by atoms with Crippen molar-refractivity contribution in [1.82, 2.24) is 0 Å². The molecule has 0 bridgehead atoms. The smallest absolute Gasteiger partial charge is 0.271 e. The molecule has 0 radical (unpaired) electrons. The van der Waals surface area contributed by atoms with Crippen LogP contribution >= 0.6 is 0 Å². The number of non-ortho nitro benzene ring substituents is 1. The summed E-state index contributed by atoms with van der Waals surface area (Å²) in [6.45, 7) is 0. The minimum atomic E-state index is -0.476. The molecule has 2 N–H and O–H groups in total. The summed E-state index contributed by atoms with van der Waals surface area (Å²) in [7, 11) is 0. The minimum Gasteiger partial charge on any atom is -0.399 e. The molecule has 0 aliphatic carbocycles. The number of nitrogens with zero attached hydrogens (tertiary/aromatic N) is 3. The average Bonchev–Trinajstić information content (AvgIpc) is 2.47. The zero-order valence-corrected chi connectivity index (χ0v) is 10.4. The number of rotatable bonds is 1. The third kappa shape index (κ3) is 4.13. The van der Waals surface area contributed by atoms with Crippen molar-refractivity contribution < 1.29 is 4.92 Å². The molecule has 0 atom stereocenters. The second kappa shape index (κ2) is 7.14. The quantitative estimate of drug-likeness (QED) is 0.483. The molecule has 0 saturated heterocycles. The van der Waals surface area contributed by atoms with Gasteiger partial charge in [-0.3, -0.25) is 10.1 Å². The first-order valence-electron chi connectivity index (χ1n) is 5.47. The van der Waals surface area contributed by atoms with Crippen molar-refractivity contribution in [3.8, 4) is 12.1 Å². The lowest BCUT2D eigenvalue weighted by atomic mass is 10.1. The summed E-state index contributed by atoms with van der Waals surface area (Å²) in [5, 5.41) is 27.0. The molecule has 98 valence electrons. The molecule has 6 heteroatoms. The number of anilines is 1. The van der Waals surface area contributed by atoms with E-state index < -0.39 is 4.92 Å². The molecule has 0 unspecified atom stereocenters. The monoisotopic (exact) mass is 266 g/mol. The molecule has 2 aromatic rings. The fourth-order valence-corrected chi connectivity index (χ4v) is 1.32. The van der Waals surface area contributed by atoms with E-state index in [1.807, 2.05) is 12.1 Å². The normalized spacial score (nSPS) is 8.50. The molecule has 6 nitrogen and oxygen atoms in total. The van der Waals surface area contributed by atoms with Crippen molar-refractivity contribution in [2.75, 3.05) is 5.73 Å². The number of hydrogen-bond acceptors (Lipinski definition) is 5. The second-order valence-corrected chi connectivity index (χ2v) is 3.62. The van der Waals surface area contributed by atoms with Crippen LogP contribution in [0.25, 0.3) is 0 Å². The van der Waals surface area contributed by atoms with Crippen LogP contribution in [-0.2, 0) is 0 Å². The van der Waals surface area contributed by atoms with Crippen LogP contribution in [0.1, 0.15) is 11.1 Å². The fourth-order valence-electron chi connectivity index (χ4n) is 1.32. The Morgan fingerprint density at radius 1 is 1.00 bits per heavy atom. The van der Waals surface area contributed by atoms with Crippen LogP contribution in [0.2, 0.25) is 0 Å². The lowest BCUT2D eigenvalue weighted by Gasteiger charge is -1.90. The third-order valence-electron chi connectivity index (χ3n) is 2.25. The number of nitriles is 2. The van der Waals surface area contributed by atoms with E-state index in [-0.39, 0.29) is 5.69 Å². The molecule has 2 rings (SSSR count). The Hall–Kier alpha value is -3.38. The molecule has 0 fully saturated rings. The van der Waals surface area contributed by atoms with E-state index in [2.05, 4.69) is 0 Å². The van der Waals surface area contributed by atoms with E-state index >= 15 is 0 Å². The summed E-state index contributed by atoms with van der Waals surface area (Å²) in [6, 6.07) is 16.4. The molecule has 0 saturated carbocycles. The zero-order chi connectivity index (χ0) is 15.0. The predicted octanol–water partition coefficient (Wildman–Crippen LogP) is 2.61. The maximum absolute atomic E-state index is 10.1. The first-order valence-corrected chi connectivity index (χ1v) is 5.47. The standard InChI is InChI=1S/C8H4N2.C6H6N2O2/c9-5-7-3-1-2-4-8(7)6-10;7-5-2-1-3-6(4-5)8(9)10/h1-4H;1-4H,7H2. The van der Waals surface area contributed by atoms with Crippen molar-refractivity contribution >= 4 is 11.4 Å². The molecule has 20 heavy (non-hydrogen) atoms. The van der Waals surface area contributed by atoms with E-state index in [1.165, 1.54) is 12.1 Å². The summed E-state index contributed by atoms with van der Waals surface area (Å²) in [5.74, 6) is 0. The van der Waals surface area contributed by atoms with Crippen LogP contribution in [0.4, 0.5) is 11.4 Å². The minimum absolute atomic E-state index is 0.0278. The Morgan fingerprint density at radius 3 is 1.90 bits per heavy atom. The van der Waals surface area contributed by atoms with Crippen LogP contribution in [0, 0.1) is 32.8 Å². The van der Waals surface area contributed by atoms with E-state index in [4.69, 9.17) is 16.3 Å². The van der Waals surface area contributed by atoms with Gasteiger partial charge in [0.05, 0.1) is 16.1 Å². The summed E-state index contributed by atoms with van der Waals surface area (Å²) >= 11 is 0. The molecular formula is C14H10N4O2. The number of nitrogens with two attached hydrogens (primary N) is 1. The van der Waals surface area contributed by atoms with E-state index in [9.17, 15) is 10.1 Å². The summed E-state index contributed by atoms with van der Waals surface area (Å²) in [4.78, 5) is 9.63. The van der Waals surface area contributed by atoms with Gasteiger partial charge in [-0.1, -0.05) is 18.2 Å². The highest BCUT2D eigenvalue weighted by atomic mass is 16.6. The molecular weight excluding hydrogens is 256 g/mol. The first-order chi connectivity index (χ1) is 9.58. The number of nitro groups is 1. The lowest BCUT2D eigenvalue weighted by Crippen LogP contribution is -1.89. The molecule has 0 amide bonds. The number of nitrogen functional groups attached to an aromatic ring is 1. The Morgan fingerprint density at radius 2 is 1.55 bits per heavy atom. The molecule has 0 aromatic heterocycles. The van der Waals surface area contributed by atoms with Gasteiger partial charge in [-0.25, -0.2) is 0 Å². The Kier molecular flexibility index (Phi) is 5.24. The number of benzene rings is 2. The molecule has 0 heterocycles. The van der Waals surface area contributed by atoms with E-state index in [0.717, 1.165) is 0 Å². The van der Waals surface area contributed by atoms with Gasteiger partial charge in [-0.05, 0) is 18.2 Å². The second-order valence-electron chi connectivity index (χ2n) is 3.62. The largest absolute Gasteiger partial charge is 0.399 e.